The quantitative estimate of drug-likeness (QED) is 0.852. The van der Waals surface area contributed by atoms with Crippen LogP contribution >= 0.6 is 11.8 Å². The number of carbonyl (C=O) groups is 1. The molecular weight excluding hydrogens is 348 g/mol. The van der Waals surface area contributed by atoms with Gasteiger partial charge in [0.05, 0.1) is 14.2 Å². The van der Waals surface area contributed by atoms with Gasteiger partial charge < -0.3 is 19.7 Å². The molecule has 1 N–H and O–H groups in total. The molecule has 1 heterocycles. The summed E-state index contributed by atoms with van der Waals surface area (Å²) in [6.07, 6.45) is 0. The van der Waals surface area contributed by atoms with Crippen molar-refractivity contribution in [2.24, 2.45) is 0 Å². The smallest absolute Gasteiger partial charge is 0.323 e. The average Bonchev–Trinajstić information content (AvgIpc) is 3.13. The minimum atomic E-state index is -0.106. The number of benzene rings is 2. The fourth-order valence-corrected chi connectivity index (χ4v) is 4.38. The molecule has 1 atom stereocenters. The van der Waals surface area contributed by atoms with Crippen LogP contribution in [-0.4, -0.2) is 37.4 Å². The van der Waals surface area contributed by atoms with Gasteiger partial charge in [-0.2, -0.15) is 0 Å². The van der Waals surface area contributed by atoms with Crippen molar-refractivity contribution in [3.8, 4) is 11.5 Å². The molecule has 138 valence electrons. The number of methoxy groups -OCH3 is 2. The number of anilines is 1. The summed E-state index contributed by atoms with van der Waals surface area (Å²) in [5.74, 6) is 2.39. The van der Waals surface area contributed by atoms with Gasteiger partial charge in [0.2, 0.25) is 0 Å². The molecule has 0 saturated carbocycles. The normalized spacial score (nSPS) is 16.5. The summed E-state index contributed by atoms with van der Waals surface area (Å²) >= 11 is 1.73. The fraction of sp³-hybridized carbons (Fsp3) is 0.350. The Balaban J connectivity index is 1.85. The fourth-order valence-electron chi connectivity index (χ4n) is 3.11. The third-order valence-electron chi connectivity index (χ3n) is 4.48. The largest absolute Gasteiger partial charge is 0.497 e. The summed E-state index contributed by atoms with van der Waals surface area (Å²) in [5.41, 5.74) is 4.02. The lowest BCUT2D eigenvalue weighted by molar-refractivity contribution is 0.213. The molecule has 0 radical (unpaired) electrons. The summed E-state index contributed by atoms with van der Waals surface area (Å²) in [7, 11) is 3.28. The Kier molecular flexibility index (Phi) is 5.61. The van der Waals surface area contributed by atoms with Gasteiger partial charge in [-0.15, -0.1) is 11.8 Å². The van der Waals surface area contributed by atoms with Crippen LogP contribution in [0.4, 0.5) is 10.5 Å². The van der Waals surface area contributed by atoms with Crippen LogP contribution in [-0.2, 0) is 0 Å². The zero-order valence-corrected chi connectivity index (χ0v) is 16.4. The van der Waals surface area contributed by atoms with Gasteiger partial charge in [0.15, 0.2) is 0 Å². The highest BCUT2D eigenvalue weighted by Crippen LogP contribution is 2.43. The van der Waals surface area contributed by atoms with Crippen molar-refractivity contribution in [2.75, 3.05) is 31.8 Å². The first kappa shape index (κ1) is 18.5. The van der Waals surface area contributed by atoms with E-state index in [4.69, 9.17) is 9.47 Å². The summed E-state index contributed by atoms with van der Waals surface area (Å²) in [4.78, 5) is 14.8. The van der Waals surface area contributed by atoms with E-state index in [0.717, 1.165) is 34.1 Å². The molecule has 0 bridgehead atoms. The molecule has 1 saturated heterocycles. The number of nitrogens with one attached hydrogen (secondary N) is 1. The van der Waals surface area contributed by atoms with Gasteiger partial charge >= 0.3 is 6.03 Å². The molecule has 0 aliphatic carbocycles. The standard InChI is InChI=1S/C20H24N2O3S/c1-13-5-7-17(14(2)11-13)21-20(23)22-9-10-26-19(22)16-12-15(24-3)6-8-18(16)25-4/h5-8,11-12,19H,9-10H2,1-4H3,(H,21,23)/t19-/m1/s1. The molecular formula is C20H24N2O3S. The van der Waals surface area contributed by atoms with Crippen molar-refractivity contribution in [1.82, 2.24) is 4.90 Å². The average molecular weight is 372 g/mol. The van der Waals surface area contributed by atoms with E-state index in [1.807, 2.05) is 49.1 Å². The third-order valence-corrected chi connectivity index (χ3v) is 5.72. The van der Waals surface area contributed by atoms with Crippen molar-refractivity contribution < 1.29 is 14.3 Å². The van der Waals surface area contributed by atoms with Crippen molar-refractivity contribution >= 4 is 23.5 Å². The lowest BCUT2D eigenvalue weighted by Crippen LogP contribution is -2.34. The predicted molar refractivity (Wildman–Crippen MR) is 106 cm³/mol. The highest BCUT2D eigenvalue weighted by atomic mass is 32.2. The zero-order chi connectivity index (χ0) is 18.7. The van der Waals surface area contributed by atoms with Gasteiger partial charge in [0.25, 0.3) is 0 Å². The molecule has 5 nitrogen and oxygen atoms in total. The van der Waals surface area contributed by atoms with Gasteiger partial charge in [0, 0.05) is 23.5 Å². The number of nitrogens with zero attached hydrogens (tertiary/aromatic N) is 1. The van der Waals surface area contributed by atoms with Crippen LogP contribution in [0, 0.1) is 13.8 Å². The van der Waals surface area contributed by atoms with E-state index < -0.39 is 0 Å². The highest BCUT2D eigenvalue weighted by Gasteiger charge is 2.33. The Labute approximate surface area is 158 Å². The zero-order valence-electron chi connectivity index (χ0n) is 15.5. The number of amides is 2. The molecule has 0 unspecified atom stereocenters. The monoisotopic (exact) mass is 372 g/mol. The molecule has 0 aromatic heterocycles. The number of thioether (sulfide) groups is 1. The maximum absolute atomic E-state index is 12.9. The van der Waals surface area contributed by atoms with E-state index in [2.05, 4.69) is 11.4 Å². The third kappa shape index (κ3) is 3.75. The molecule has 2 amide bonds. The number of hydrogen-bond acceptors (Lipinski definition) is 4. The van der Waals surface area contributed by atoms with Gasteiger partial charge in [0.1, 0.15) is 16.9 Å². The molecule has 0 spiro atoms. The second kappa shape index (κ2) is 7.91. The van der Waals surface area contributed by atoms with E-state index >= 15 is 0 Å². The molecule has 1 aliphatic heterocycles. The first-order chi connectivity index (χ1) is 12.5. The van der Waals surface area contributed by atoms with Crippen LogP contribution in [0.5, 0.6) is 11.5 Å². The number of aryl methyl sites for hydroxylation is 2. The van der Waals surface area contributed by atoms with Gasteiger partial charge in [-0.25, -0.2) is 4.79 Å². The van der Waals surface area contributed by atoms with Gasteiger partial charge in [-0.3, -0.25) is 0 Å². The Bertz CT molecular complexity index is 810. The molecule has 3 rings (SSSR count). The first-order valence-electron chi connectivity index (χ1n) is 8.52. The van der Waals surface area contributed by atoms with E-state index in [9.17, 15) is 4.79 Å². The lowest BCUT2D eigenvalue weighted by atomic mass is 10.1. The van der Waals surface area contributed by atoms with Gasteiger partial charge in [-0.1, -0.05) is 17.7 Å². The topological polar surface area (TPSA) is 50.8 Å². The Morgan fingerprint density at radius 1 is 1.15 bits per heavy atom. The number of ether oxygens (including phenoxy) is 2. The van der Waals surface area contributed by atoms with Crippen LogP contribution in [0.1, 0.15) is 22.1 Å². The van der Waals surface area contributed by atoms with Crippen molar-refractivity contribution in [3.05, 3.63) is 53.1 Å². The Morgan fingerprint density at radius 2 is 1.96 bits per heavy atom. The van der Waals surface area contributed by atoms with Crippen molar-refractivity contribution in [3.63, 3.8) is 0 Å². The predicted octanol–water partition coefficient (Wildman–Crippen LogP) is 4.60. The maximum atomic E-state index is 12.9. The lowest BCUT2D eigenvalue weighted by Gasteiger charge is -2.26. The second-order valence-corrected chi connectivity index (χ2v) is 7.46. The van der Waals surface area contributed by atoms with Crippen molar-refractivity contribution in [1.29, 1.82) is 0 Å². The second-order valence-electron chi connectivity index (χ2n) is 6.27. The molecule has 1 fully saturated rings. The molecule has 1 aliphatic rings. The maximum Gasteiger partial charge on any atom is 0.323 e. The minimum Gasteiger partial charge on any atom is -0.497 e. The van der Waals surface area contributed by atoms with E-state index in [0.29, 0.717) is 6.54 Å². The van der Waals surface area contributed by atoms with Crippen LogP contribution in [0.2, 0.25) is 0 Å². The SMILES string of the molecule is COc1ccc(OC)c([C@H]2SCCN2C(=O)Nc2ccc(C)cc2C)c1. The van der Waals surface area contributed by atoms with E-state index in [-0.39, 0.29) is 11.4 Å². The highest BCUT2D eigenvalue weighted by molar-refractivity contribution is 7.99. The summed E-state index contributed by atoms with van der Waals surface area (Å²) in [6.45, 7) is 4.73. The number of rotatable bonds is 4. The number of carbonyl (C=O) groups excluding carboxylic acids is 1. The van der Waals surface area contributed by atoms with Crippen LogP contribution < -0.4 is 14.8 Å². The van der Waals surface area contributed by atoms with E-state index in [1.54, 1.807) is 26.0 Å². The van der Waals surface area contributed by atoms with Crippen molar-refractivity contribution in [2.45, 2.75) is 19.2 Å². The van der Waals surface area contributed by atoms with Gasteiger partial charge in [-0.05, 0) is 43.7 Å². The Hall–Kier alpha value is -2.34. The molecule has 6 heteroatoms. The molecule has 2 aromatic rings. The summed E-state index contributed by atoms with van der Waals surface area (Å²) < 4.78 is 10.9. The molecule has 26 heavy (non-hydrogen) atoms. The van der Waals surface area contributed by atoms with Crippen LogP contribution in [0.15, 0.2) is 36.4 Å². The van der Waals surface area contributed by atoms with Crippen LogP contribution in [0.3, 0.4) is 0 Å². The van der Waals surface area contributed by atoms with E-state index in [1.165, 1.54) is 5.56 Å². The summed E-state index contributed by atoms with van der Waals surface area (Å²) in [6, 6.07) is 11.6. The summed E-state index contributed by atoms with van der Waals surface area (Å²) in [5, 5.41) is 2.94. The van der Waals surface area contributed by atoms with Crippen LogP contribution in [0.25, 0.3) is 0 Å². The first-order valence-corrected chi connectivity index (χ1v) is 9.56. The minimum absolute atomic E-state index is 0.100. The molecule has 2 aromatic carbocycles. The number of hydrogen-bond donors (Lipinski definition) is 1. The Morgan fingerprint density at radius 3 is 2.65 bits per heavy atom. The number of urea groups is 1.